The summed E-state index contributed by atoms with van der Waals surface area (Å²) >= 11 is 0. The van der Waals surface area contributed by atoms with Crippen molar-refractivity contribution in [1.29, 1.82) is 0 Å². The van der Waals surface area contributed by atoms with Crippen molar-refractivity contribution in [3.63, 3.8) is 0 Å². The van der Waals surface area contributed by atoms with Crippen LogP contribution in [0.15, 0.2) is 54.6 Å². The van der Waals surface area contributed by atoms with Crippen molar-refractivity contribution in [2.75, 3.05) is 19.6 Å². The fraction of sp³-hybridized carbons (Fsp3) is 0.462. The summed E-state index contributed by atoms with van der Waals surface area (Å²) in [5.41, 5.74) is 9.08. The Morgan fingerprint density at radius 2 is 1.76 bits per heavy atom. The number of carbonyl (C=O) groups is 2. The topological polar surface area (TPSA) is 96.7 Å². The monoisotopic (exact) mass is 454 g/mol. The fourth-order valence-electron chi connectivity index (χ4n) is 3.38. The van der Waals surface area contributed by atoms with E-state index in [0.29, 0.717) is 19.6 Å². The first kappa shape index (κ1) is 26.4. The quantitative estimate of drug-likeness (QED) is 0.319. The Morgan fingerprint density at radius 1 is 1.06 bits per heavy atom. The summed E-state index contributed by atoms with van der Waals surface area (Å²) in [5, 5.41) is 6.16. The van der Waals surface area contributed by atoms with E-state index in [1.807, 2.05) is 63.2 Å². The first-order valence-electron chi connectivity index (χ1n) is 11.5. The standard InChI is InChI=1S/C26H38N4O3/c1-26(2,3)33-25(32)29-18-23-11-7-10-22(16-23)17-24(27)12-13-28-14-15-30(20-31)19-21-8-5-4-6-9-21/h4-11,16,20,24,28H,12-15,17-19,27H2,1-3H3,(H,29,32)/t24-/m1/s1. The van der Waals surface area contributed by atoms with Crippen molar-refractivity contribution in [2.24, 2.45) is 5.73 Å². The smallest absolute Gasteiger partial charge is 0.407 e. The second-order valence-corrected chi connectivity index (χ2v) is 9.24. The lowest BCUT2D eigenvalue weighted by Crippen LogP contribution is -2.34. The van der Waals surface area contributed by atoms with Crippen LogP contribution < -0.4 is 16.4 Å². The molecule has 0 aliphatic carbocycles. The van der Waals surface area contributed by atoms with E-state index in [1.54, 1.807) is 4.90 Å². The van der Waals surface area contributed by atoms with Gasteiger partial charge in [0, 0.05) is 32.2 Å². The second-order valence-electron chi connectivity index (χ2n) is 9.24. The molecule has 0 bridgehead atoms. The van der Waals surface area contributed by atoms with Gasteiger partial charge in [-0.15, -0.1) is 0 Å². The fourth-order valence-corrected chi connectivity index (χ4v) is 3.38. The van der Waals surface area contributed by atoms with Crippen molar-refractivity contribution in [2.45, 2.75) is 58.3 Å². The Morgan fingerprint density at radius 3 is 2.45 bits per heavy atom. The highest BCUT2D eigenvalue weighted by Crippen LogP contribution is 2.10. The highest BCUT2D eigenvalue weighted by molar-refractivity contribution is 5.67. The molecule has 0 spiro atoms. The summed E-state index contributed by atoms with van der Waals surface area (Å²) < 4.78 is 5.27. The first-order valence-corrected chi connectivity index (χ1v) is 11.5. The van der Waals surface area contributed by atoms with E-state index in [9.17, 15) is 9.59 Å². The summed E-state index contributed by atoms with van der Waals surface area (Å²) in [5.74, 6) is 0. The molecule has 0 saturated heterocycles. The number of hydrogen-bond acceptors (Lipinski definition) is 5. The van der Waals surface area contributed by atoms with Crippen LogP contribution in [-0.2, 0) is 29.0 Å². The molecule has 0 fully saturated rings. The van der Waals surface area contributed by atoms with Crippen LogP contribution in [0.5, 0.6) is 0 Å². The molecule has 33 heavy (non-hydrogen) atoms. The molecule has 1 atom stereocenters. The van der Waals surface area contributed by atoms with Gasteiger partial charge < -0.3 is 26.0 Å². The summed E-state index contributed by atoms with van der Waals surface area (Å²) in [7, 11) is 0. The Kier molecular flexibility index (Phi) is 10.9. The normalized spacial score (nSPS) is 12.1. The molecule has 7 nitrogen and oxygen atoms in total. The predicted molar refractivity (Wildman–Crippen MR) is 132 cm³/mol. The molecule has 0 radical (unpaired) electrons. The van der Waals surface area contributed by atoms with Gasteiger partial charge in [0.25, 0.3) is 0 Å². The van der Waals surface area contributed by atoms with Gasteiger partial charge in [0.1, 0.15) is 5.60 Å². The van der Waals surface area contributed by atoms with Crippen LogP contribution in [0.1, 0.15) is 43.9 Å². The van der Waals surface area contributed by atoms with Gasteiger partial charge in [0.2, 0.25) is 6.41 Å². The lowest BCUT2D eigenvalue weighted by Gasteiger charge is -2.20. The van der Waals surface area contributed by atoms with Crippen LogP contribution in [-0.4, -0.2) is 48.7 Å². The summed E-state index contributed by atoms with van der Waals surface area (Å²) in [4.78, 5) is 24.9. The van der Waals surface area contributed by atoms with E-state index in [2.05, 4.69) is 22.8 Å². The van der Waals surface area contributed by atoms with Gasteiger partial charge in [-0.1, -0.05) is 54.6 Å². The molecule has 4 N–H and O–H groups in total. The number of alkyl carbamates (subject to hydrolysis) is 1. The molecular weight excluding hydrogens is 416 g/mol. The van der Waals surface area contributed by atoms with Gasteiger partial charge in [-0.25, -0.2) is 4.79 Å². The first-order chi connectivity index (χ1) is 15.7. The van der Waals surface area contributed by atoms with Crippen molar-refractivity contribution in [3.8, 4) is 0 Å². The molecule has 0 unspecified atom stereocenters. The van der Waals surface area contributed by atoms with Crippen LogP contribution in [0.2, 0.25) is 0 Å². The van der Waals surface area contributed by atoms with Gasteiger partial charge in [-0.05, 0) is 56.8 Å². The number of ether oxygens (including phenoxy) is 1. The molecular formula is C26H38N4O3. The number of rotatable bonds is 13. The van der Waals surface area contributed by atoms with Crippen LogP contribution in [0, 0.1) is 0 Å². The zero-order chi connectivity index (χ0) is 24.1. The minimum absolute atomic E-state index is 0.0260. The molecule has 2 aromatic rings. The average Bonchev–Trinajstić information content (AvgIpc) is 2.76. The number of nitrogens with zero attached hydrogens (tertiary/aromatic N) is 1. The zero-order valence-corrected chi connectivity index (χ0v) is 20.0. The Labute approximate surface area is 197 Å². The minimum atomic E-state index is -0.514. The van der Waals surface area contributed by atoms with E-state index in [1.165, 1.54) is 0 Å². The summed E-state index contributed by atoms with van der Waals surface area (Å²) in [6.07, 6.45) is 2.06. The van der Waals surface area contributed by atoms with Gasteiger partial charge in [0.15, 0.2) is 0 Å². The number of nitrogens with one attached hydrogen (secondary N) is 2. The third-order valence-electron chi connectivity index (χ3n) is 4.97. The van der Waals surface area contributed by atoms with Crippen molar-refractivity contribution >= 4 is 12.5 Å². The van der Waals surface area contributed by atoms with Crippen molar-refractivity contribution in [3.05, 3.63) is 71.3 Å². The van der Waals surface area contributed by atoms with Gasteiger partial charge in [0.05, 0.1) is 0 Å². The highest BCUT2D eigenvalue weighted by atomic mass is 16.6. The van der Waals surface area contributed by atoms with Crippen LogP contribution in [0.25, 0.3) is 0 Å². The maximum absolute atomic E-state index is 11.8. The zero-order valence-electron chi connectivity index (χ0n) is 20.0. The SMILES string of the molecule is CC(C)(C)OC(=O)NCc1cccc(C[C@H](N)CCNCCN(C=O)Cc2ccccc2)c1. The number of nitrogens with two attached hydrogens (primary N) is 1. The Hall–Kier alpha value is -2.90. The Bertz CT molecular complexity index is 852. The molecule has 7 heteroatoms. The van der Waals surface area contributed by atoms with Gasteiger partial charge in [-0.3, -0.25) is 4.79 Å². The molecule has 0 aromatic heterocycles. The minimum Gasteiger partial charge on any atom is -0.444 e. The number of amides is 2. The molecule has 2 rings (SSSR count). The lowest BCUT2D eigenvalue weighted by atomic mass is 10.0. The summed E-state index contributed by atoms with van der Waals surface area (Å²) in [6.45, 7) is 8.72. The van der Waals surface area contributed by atoms with Crippen LogP contribution >= 0.6 is 0 Å². The maximum atomic E-state index is 11.8. The average molecular weight is 455 g/mol. The molecule has 0 aliphatic rings. The van der Waals surface area contributed by atoms with Crippen molar-refractivity contribution < 1.29 is 14.3 Å². The van der Waals surface area contributed by atoms with Crippen LogP contribution in [0.3, 0.4) is 0 Å². The number of hydrogen-bond donors (Lipinski definition) is 3. The molecule has 0 aliphatic heterocycles. The summed E-state index contributed by atoms with van der Waals surface area (Å²) in [6, 6.07) is 18.1. The van der Waals surface area contributed by atoms with Gasteiger partial charge in [-0.2, -0.15) is 0 Å². The molecule has 2 amide bonds. The molecule has 2 aromatic carbocycles. The third-order valence-corrected chi connectivity index (χ3v) is 4.97. The lowest BCUT2D eigenvalue weighted by molar-refractivity contribution is -0.118. The van der Waals surface area contributed by atoms with E-state index >= 15 is 0 Å². The maximum Gasteiger partial charge on any atom is 0.407 e. The van der Waals surface area contributed by atoms with Crippen molar-refractivity contribution in [1.82, 2.24) is 15.5 Å². The predicted octanol–water partition coefficient (Wildman–Crippen LogP) is 3.22. The third kappa shape index (κ3) is 11.5. The number of benzene rings is 2. The van der Waals surface area contributed by atoms with E-state index < -0.39 is 11.7 Å². The van der Waals surface area contributed by atoms with E-state index in [-0.39, 0.29) is 6.04 Å². The molecule has 180 valence electrons. The van der Waals surface area contributed by atoms with Crippen LogP contribution in [0.4, 0.5) is 4.79 Å². The highest BCUT2D eigenvalue weighted by Gasteiger charge is 2.15. The molecule has 0 heterocycles. The van der Waals surface area contributed by atoms with Gasteiger partial charge >= 0.3 is 6.09 Å². The van der Waals surface area contributed by atoms with E-state index in [4.69, 9.17) is 10.5 Å². The van der Waals surface area contributed by atoms with E-state index in [0.717, 1.165) is 49.0 Å². The second kappa shape index (κ2) is 13.6. The molecule has 0 saturated carbocycles. The number of carbonyl (C=O) groups excluding carboxylic acids is 2. The Balaban J connectivity index is 1.65. The largest absolute Gasteiger partial charge is 0.444 e.